The average Bonchev–Trinajstić information content (AvgIpc) is 3.47. The Hall–Kier alpha value is -4.03. The number of amides is 1. The molecule has 5 aromatic rings. The van der Waals surface area contributed by atoms with E-state index >= 15 is 0 Å². The monoisotopic (exact) mass is 450 g/mol. The van der Waals surface area contributed by atoms with Crippen LogP contribution in [0.4, 0.5) is 5.82 Å². The largest absolute Gasteiger partial charge is 0.306 e. The summed E-state index contributed by atoms with van der Waals surface area (Å²) in [4.78, 5) is 17.7. The van der Waals surface area contributed by atoms with E-state index in [1.807, 2.05) is 60.8 Å². The van der Waals surface area contributed by atoms with E-state index in [0.29, 0.717) is 16.5 Å². The minimum Gasteiger partial charge on any atom is -0.306 e. The van der Waals surface area contributed by atoms with Crippen LogP contribution in [0.1, 0.15) is 21.6 Å². The molecule has 2 heterocycles. The molecule has 1 N–H and O–H groups in total. The molecule has 3 aromatic carbocycles. The number of hydrogen-bond donors (Lipinski definition) is 1. The highest BCUT2D eigenvalue weighted by atomic mass is 32.1. The molecule has 0 fully saturated rings. The Balaban J connectivity index is 1.37. The second-order valence-electron chi connectivity index (χ2n) is 7.86. The maximum atomic E-state index is 12.9. The van der Waals surface area contributed by atoms with Gasteiger partial charge in [-0.2, -0.15) is 9.78 Å². The van der Waals surface area contributed by atoms with Gasteiger partial charge in [0.1, 0.15) is 5.82 Å². The zero-order chi connectivity index (χ0) is 22.8. The molecule has 0 atom stereocenters. The highest BCUT2D eigenvalue weighted by molar-refractivity contribution is 7.12. The Morgan fingerprint density at radius 1 is 0.848 bits per heavy atom. The molecule has 0 saturated heterocycles. The van der Waals surface area contributed by atoms with E-state index in [4.69, 9.17) is 4.98 Å². The normalized spacial score (nSPS) is 10.8. The van der Waals surface area contributed by atoms with E-state index in [1.54, 1.807) is 4.68 Å². The first-order valence-electron chi connectivity index (χ1n) is 10.6. The van der Waals surface area contributed by atoms with Crippen molar-refractivity contribution in [2.45, 2.75) is 13.8 Å². The lowest BCUT2D eigenvalue weighted by molar-refractivity contribution is 0.102. The van der Waals surface area contributed by atoms with Crippen LogP contribution in [0.3, 0.4) is 0 Å². The number of anilines is 1. The Labute approximate surface area is 196 Å². The number of rotatable bonds is 5. The summed E-state index contributed by atoms with van der Waals surface area (Å²) in [6.45, 7) is 3.96. The van der Waals surface area contributed by atoms with Crippen LogP contribution in [-0.2, 0) is 0 Å². The minimum atomic E-state index is -0.189. The molecule has 0 aliphatic heterocycles. The second-order valence-corrected chi connectivity index (χ2v) is 8.70. The van der Waals surface area contributed by atoms with E-state index in [0.717, 1.165) is 28.1 Å². The van der Waals surface area contributed by atoms with Crippen LogP contribution >= 0.6 is 11.3 Å². The first-order valence-corrected chi connectivity index (χ1v) is 11.5. The number of aromatic nitrogens is 3. The van der Waals surface area contributed by atoms with Crippen LogP contribution in [0, 0.1) is 13.8 Å². The van der Waals surface area contributed by atoms with Crippen molar-refractivity contribution >= 4 is 23.1 Å². The van der Waals surface area contributed by atoms with Crippen molar-refractivity contribution in [3.63, 3.8) is 0 Å². The molecule has 1 amide bonds. The summed E-state index contributed by atoms with van der Waals surface area (Å²) in [5.41, 5.74) is 6.72. The van der Waals surface area contributed by atoms with Gasteiger partial charge < -0.3 is 5.32 Å². The predicted octanol–water partition coefficient (Wildman–Crippen LogP) is 6.53. The smallest absolute Gasteiger partial charge is 0.256 e. The third-order valence-corrected chi connectivity index (χ3v) is 6.16. The van der Waals surface area contributed by atoms with Crippen molar-refractivity contribution in [3.05, 3.63) is 107 Å². The fraction of sp³-hybridized carbons (Fsp3) is 0.0741. The van der Waals surface area contributed by atoms with Crippen molar-refractivity contribution in [1.82, 2.24) is 14.8 Å². The summed E-state index contributed by atoms with van der Waals surface area (Å²) >= 11 is 1.49. The number of benzene rings is 3. The molecule has 0 bridgehead atoms. The van der Waals surface area contributed by atoms with Gasteiger partial charge in [-0.1, -0.05) is 72.3 Å². The average molecular weight is 451 g/mol. The molecule has 5 nitrogen and oxygen atoms in total. The van der Waals surface area contributed by atoms with Crippen molar-refractivity contribution < 1.29 is 4.79 Å². The summed E-state index contributed by atoms with van der Waals surface area (Å²) in [5.74, 6) is 0.403. The van der Waals surface area contributed by atoms with Gasteiger partial charge in [-0.3, -0.25) is 4.79 Å². The van der Waals surface area contributed by atoms with Crippen molar-refractivity contribution in [2.24, 2.45) is 0 Å². The third kappa shape index (κ3) is 4.47. The number of nitrogens with one attached hydrogen (secondary N) is 1. The Morgan fingerprint density at radius 3 is 2.24 bits per heavy atom. The van der Waals surface area contributed by atoms with E-state index in [2.05, 4.69) is 53.7 Å². The van der Waals surface area contributed by atoms with Crippen LogP contribution in [0.2, 0.25) is 0 Å². The molecule has 0 spiro atoms. The zero-order valence-electron chi connectivity index (χ0n) is 18.3. The molecule has 0 saturated carbocycles. The first kappa shape index (κ1) is 20.8. The molecule has 33 heavy (non-hydrogen) atoms. The van der Waals surface area contributed by atoms with Crippen LogP contribution < -0.4 is 5.32 Å². The number of hydrogen-bond acceptors (Lipinski definition) is 4. The Bertz CT molecular complexity index is 1400. The lowest BCUT2D eigenvalue weighted by atomic mass is 10.0. The number of aryl methyl sites for hydroxylation is 2. The van der Waals surface area contributed by atoms with Crippen LogP contribution in [0.15, 0.2) is 90.3 Å². The van der Waals surface area contributed by atoms with Crippen LogP contribution in [0.25, 0.3) is 27.5 Å². The summed E-state index contributed by atoms with van der Waals surface area (Å²) in [7, 11) is 0. The standard InChI is InChI=1S/C27H22N4OS/c1-18-8-10-22(11-9-18)24-17-33-27(28-24)31-25(16-19(2)30-31)29-26(32)23-14-12-21(13-15-23)20-6-4-3-5-7-20/h3-17H,1-2H3,(H,29,32). The first-order chi connectivity index (χ1) is 16.1. The zero-order valence-corrected chi connectivity index (χ0v) is 19.1. The number of nitrogens with zero attached hydrogens (tertiary/aromatic N) is 3. The minimum absolute atomic E-state index is 0.189. The fourth-order valence-corrected chi connectivity index (χ4v) is 4.38. The van der Waals surface area contributed by atoms with Gasteiger partial charge in [0.25, 0.3) is 5.91 Å². The van der Waals surface area contributed by atoms with Gasteiger partial charge in [-0.25, -0.2) is 4.98 Å². The summed E-state index contributed by atoms with van der Waals surface area (Å²) in [6.07, 6.45) is 0. The van der Waals surface area contributed by atoms with E-state index < -0.39 is 0 Å². The van der Waals surface area contributed by atoms with Gasteiger partial charge in [0.15, 0.2) is 0 Å². The molecule has 0 unspecified atom stereocenters. The third-order valence-electron chi connectivity index (χ3n) is 5.35. The number of carbonyl (C=O) groups is 1. The summed E-state index contributed by atoms with van der Waals surface area (Å²) in [6, 6.07) is 27.8. The molecular formula is C27H22N4OS. The molecule has 0 aliphatic rings. The molecule has 6 heteroatoms. The molecule has 0 radical (unpaired) electrons. The van der Waals surface area contributed by atoms with E-state index in [9.17, 15) is 4.79 Å². The molecule has 162 valence electrons. The van der Waals surface area contributed by atoms with Crippen molar-refractivity contribution in [3.8, 4) is 27.5 Å². The Morgan fingerprint density at radius 2 is 1.52 bits per heavy atom. The van der Waals surface area contributed by atoms with Gasteiger partial charge in [0.2, 0.25) is 5.13 Å². The van der Waals surface area contributed by atoms with Gasteiger partial charge in [0, 0.05) is 22.6 Å². The highest BCUT2D eigenvalue weighted by Gasteiger charge is 2.15. The van der Waals surface area contributed by atoms with Gasteiger partial charge in [0.05, 0.1) is 11.4 Å². The maximum absolute atomic E-state index is 12.9. The van der Waals surface area contributed by atoms with Crippen LogP contribution in [0.5, 0.6) is 0 Å². The quantitative estimate of drug-likeness (QED) is 0.331. The van der Waals surface area contributed by atoms with Gasteiger partial charge >= 0.3 is 0 Å². The van der Waals surface area contributed by atoms with Crippen molar-refractivity contribution in [2.75, 3.05) is 5.32 Å². The lowest BCUT2D eigenvalue weighted by Gasteiger charge is -2.08. The summed E-state index contributed by atoms with van der Waals surface area (Å²) < 4.78 is 1.69. The van der Waals surface area contributed by atoms with Gasteiger partial charge in [-0.15, -0.1) is 11.3 Å². The molecule has 5 rings (SSSR count). The van der Waals surface area contributed by atoms with Crippen molar-refractivity contribution in [1.29, 1.82) is 0 Å². The van der Waals surface area contributed by atoms with Crippen LogP contribution in [-0.4, -0.2) is 20.7 Å². The number of carbonyl (C=O) groups excluding carboxylic acids is 1. The SMILES string of the molecule is Cc1ccc(-c2csc(-n3nc(C)cc3NC(=O)c3ccc(-c4ccccc4)cc3)n2)cc1. The fourth-order valence-electron chi connectivity index (χ4n) is 3.59. The Kier molecular flexibility index (Phi) is 5.59. The number of thiazole rings is 1. The highest BCUT2D eigenvalue weighted by Crippen LogP contribution is 2.27. The molecule has 2 aromatic heterocycles. The lowest BCUT2D eigenvalue weighted by Crippen LogP contribution is -2.15. The van der Waals surface area contributed by atoms with E-state index in [-0.39, 0.29) is 5.91 Å². The second kappa shape index (κ2) is 8.84. The topological polar surface area (TPSA) is 59.8 Å². The molecule has 0 aliphatic carbocycles. The molecular weight excluding hydrogens is 428 g/mol. The summed E-state index contributed by atoms with van der Waals surface area (Å²) in [5, 5.41) is 10.2. The predicted molar refractivity (Wildman–Crippen MR) is 134 cm³/mol. The maximum Gasteiger partial charge on any atom is 0.256 e. The van der Waals surface area contributed by atoms with Gasteiger partial charge in [-0.05, 0) is 37.1 Å². The van der Waals surface area contributed by atoms with E-state index in [1.165, 1.54) is 16.9 Å².